The second-order valence-electron chi connectivity index (χ2n) is 7.98. The molecule has 0 spiro atoms. The number of imidazole rings is 1. The molecule has 0 bridgehead atoms. The predicted molar refractivity (Wildman–Crippen MR) is 120 cm³/mol. The van der Waals surface area contributed by atoms with Crippen LogP contribution in [-0.2, 0) is 11.3 Å². The first-order chi connectivity index (χ1) is 15.2. The summed E-state index contributed by atoms with van der Waals surface area (Å²) in [5.74, 6) is -0.203. The molecule has 158 valence electrons. The van der Waals surface area contributed by atoms with E-state index in [0.29, 0.717) is 5.56 Å². The van der Waals surface area contributed by atoms with Gasteiger partial charge in [0.2, 0.25) is 0 Å². The predicted octanol–water partition coefficient (Wildman–Crippen LogP) is 4.55. The molecule has 0 N–H and O–H groups in total. The van der Waals surface area contributed by atoms with Gasteiger partial charge in [0.25, 0.3) is 0 Å². The minimum Gasteiger partial charge on any atom is -0.379 e. The third kappa shape index (κ3) is 4.09. The molecular formula is C25H25FN4O. The Morgan fingerprint density at radius 2 is 1.84 bits per heavy atom. The number of ether oxygens (including phenoxy) is 1. The normalized spacial score (nSPS) is 14.9. The molecule has 1 aliphatic heterocycles. The molecule has 5 rings (SSSR count). The fraction of sp³-hybridized carbons (Fsp3) is 0.280. The van der Waals surface area contributed by atoms with Crippen molar-refractivity contribution in [3.8, 4) is 22.3 Å². The van der Waals surface area contributed by atoms with E-state index in [0.717, 1.165) is 72.7 Å². The number of fused-ring (bicyclic) bond motifs is 1. The lowest BCUT2D eigenvalue weighted by atomic mass is 9.94. The van der Waals surface area contributed by atoms with Crippen LogP contribution in [0, 0.1) is 12.7 Å². The van der Waals surface area contributed by atoms with Gasteiger partial charge < -0.3 is 9.30 Å². The quantitative estimate of drug-likeness (QED) is 0.479. The summed E-state index contributed by atoms with van der Waals surface area (Å²) < 4.78 is 22.0. The molecule has 1 aliphatic rings. The molecule has 1 saturated heterocycles. The zero-order valence-electron chi connectivity index (χ0n) is 17.6. The lowest BCUT2D eigenvalue weighted by Gasteiger charge is -2.26. The van der Waals surface area contributed by atoms with Crippen LogP contribution < -0.4 is 0 Å². The molecule has 3 heterocycles. The molecule has 31 heavy (non-hydrogen) atoms. The zero-order chi connectivity index (χ0) is 21.2. The van der Waals surface area contributed by atoms with Gasteiger partial charge in [-0.2, -0.15) is 0 Å². The van der Waals surface area contributed by atoms with Crippen molar-refractivity contribution in [1.29, 1.82) is 0 Å². The fourth-order valence-electron chi connectivity index (χ4n) is 4.12. The van der Waals surface area contributed by atoms with E-state index < -0.39 is 0 Å². The highest BCUT2D eigenvalue weighted by molar-refractivity contribution is 5.93. The first-order valence-electron chi connectivity index (χ1n) is 10.6. The molecule has 1 fully saturated rings. The van der Waals surface area contributed by atoms with Crippen molar-refractivity contribution in [3.05, 3.63) is 72.6 Å². The number of morpholine rings is 1. The Balaban J connectivity index is 1.57. The minimum absolute atomic E-state index is 0.203. The van der Waals surface area contributed by atoms with Gasteiger partial charge in [0.05, 0.1) is 30.6 Å². The highest BCUT2D eigenvalue weighted by Gasteiger charge is 2.15. The first-order valence-corrected chi connectivity index (χ1v) is 10.6. The van der Waals surface area contributed by atoms with Gasteiger partial charge in [-0.05, 0) is 53.4 Å². The van der Waals surface area contributed by atoms with E-state index in [1.165, 1.54) is 0 Å². The van der Waals surface area contributed by atoms with Gasteiger partial charge in [-0.25, -0.2) is 9.37 Å². The van der Waals surface area contributed by atoms with Crippen LogP contribution >= 0.6 is 0 Å². The molecule has 0 saturated carbocycles. The summed E-state index contributed by atoms with van der Waals surface area (Å²) in [5.41, 5.74) is 6.44. The largest absolute Gasteiger partial charge is 0.379 e. The highest BCUT2D eigenvalue weighted by Crippen LogP contribution is 2.35. The molecule has 6 heteroatoms. The van der Waals surface area contributed by atoms with Crippen LogP contribution in [0.25, 0.3) is 33.3 Å². The van der Waals surface area contributed by atoms with Gasteiger partial charge in [0, 0.05) is 44.1 Å². The Labute approximate surface area is 181 Å². The van der Waals surface area contributed by atoms with Gasteiger partial charge in [0.15, 0.2) is 0 Å². The molecular weight excluding hydrogens is 391 g/mol. The molecule has 0 atom stereocenters. The summed E-state index contributed by atoms with van der Waals surface area (Å²) in [6.07, 6.45) is 5.52. The van der Waals surface area contributed by atoms with Crippen molar-refractivity contribution >= 4 is 11.0 Å². The Bertz CT molecular complexity index is 1200. The van der Waals surface area contributed by atoms with Crippen LogP contribution in [0.3, 0.4) is 0 Å². The maximum atomic E-state index is 14.3. The van der Waals surface area contributed by atoms with Gasteiger partial charge in [-0.3, -0.25) is 9.88 Å². The average Bonchev–Trinajstić information content (AvgIpc) is 3.22. The third-order valence-corrected chi connectivity index (χ3v) is 5.98. The Morgan fingerprint density at radius 3 is 2.61 bits per heavy atom. The summed E-state index contributed by atoms with van der Waals surface area (Å²) in [6, 6.07) is 13.6. The number of hydrogen-bond donors (Lipinski definition) is 0. The maximum absolute atomic E-state index is 14.3. The second kappa shape index (κ2) is 8.57. The summed E-state index contributed by atoms with van der Waals surface area (Å²) in [6.45, 7) is 7.13. The van der Waals surface area contributed by atoms with E-state index in [2.05, 4.69) is 31.6 Å². The maximum Gasteiger partial charge on any atom is 0.126 e. The van der Waals surface area contributed by atoms with Gasteiger partial charge >= 0.3 is 0 Å². The molecule has 2 aromatic carbocycles. The molecule has 0 amide bonds. The summed E-state index contributed by atoms with van der Waals surface area (Å²) >= 11 is 0. The van der Waals surface area contributed by atoms with Crippen LogP contribution in [0.15, 0.2) is 61.2 Å². The van der Waals surface area contributed by atoms with Gasteiger partial charge in [-0.1, -0.05) is 18.2 Å². The van der Waals surface area contributed by atoms with Crippen molar-refractivity contribution in [2.75, 3.05) is 32.8 Å². The van der Waals surface area contributed by atoms with Crippen molar-refractivity contribution in [2.24, 2.45) is 0 Å². The number of nitrogens with zero attached hydrogens (tertiary/aromatic N) is 4. The van der Waals surface area contributed by atoms with Gasteiger partial charge in [0.1, 0.15) is 5.82 Å². The van der Waals surface area contributed by atoms with Gasteiger partial charge in [-0.15, -0.1) is 0 Å². The SMILES string of the molecule is Cc1ccc(-c2cc3ncn(CCN4CCOCC4)c3cc2-c2cccnc2)cc1F. The number of hydrogen-bond acceptors (Lipinski definition) is 4. The summed E-state index contributed by atoms with van der Waals surface area (Å²) in [7, 11) is 0. The number of aromatic nitrogens is 3. The third-order valence-electron chi connectivity index (χ3n) is 5.98. The number of rotatable bonds is 5. The zero-order valence-corrected chi connectivity index (χ0v) is 17.6. The molecule has 0 unspecified atom stereocenters. The first kappa shape index (κ1) is 19.8. The van der Waals surface area contributed by atoms with E-state index >= 15 is 0 Å². The van der Waals surface area contributed by atoms with Crippen LogP contribution in [0.2, 0.25) is 0 Å². The van der Waals surface area contributed by atoms with Crippen molar-refractivity contribution in [1.82, 2.24) is 19.4 Å². The van der Waals surface area contributed by atoms with Crippen LogP contribution in [0.5, 0.6) is 0 Å². The Kier molecular flexibility index (Phi) is 5.49. The molecule has 5 nitrogen and oxygen atoms in total. The van der Waals surface area contributed by atoms with Crippen molar-refractivity contribution in [2.45, 2.75) is 13.5 Å². The number of pyridine rings is 1. The van der Waals surface area contributed by atoms with E-state index in [9.17, 15) is 4.39 Å². The van der Waals surface area contributed by atoms with Crippen molar-refractivity contribution < 1.29 is 9.13 Å². The van der Waals surface area contributed by atoms with Crippen molar-refractivity contribution in [3.63, 3.8) is 0 Å². The molecule has 2 aromatic heterocycles. The van der Waals surface area contributed by atoms with E-state index in [1.54, 1.807) is 19.2 Å². The molecule has 0 radical (unpaired) electrons. The number of benzene rings is 2. The number of halogens is 1. The fourth-order valence-corrected chi connectivity index (χ4v) is 4.12. The second-order valence-corrected chi connectivity index (χ2v) is 7.98. The Morgan fingerprint density at radius 1 is 1.00 bits per heavy atom. The van der Waals surface area contributed by atoms with Crippen LogP contribution in [0.4, 0.5) is 4.39 Å². The minimum atomic E-state index is -0.203. The summed E-state index contributed by atoms with van der Waals surface area (Å²) in [5, 5.41) is 0. The van der Waals surface area contributed by atoms with Crippen LogP contribution in [0.1, 0.15) is 5.56 Å². The topological polar surface area (TPSA) is 43.2 Å². The lowest BCUT2D eigenvalue weighted by molar-refractivity contribution is 0.0365. The molecule has 0 aliphatic carbocycles. The molecule has 4 aromatic rings. The number of aryl methyl sites for hydroxylation is 1. The standard InChI is InChI=1S/C25H25FN4O/c1-18-4-5-19(13-23(18)26)21-14-24-25(15-22(21)20-3-2-6-27-16-20)30(17-28-24)8-7-29-9-11-31-12-10-29/h2-6,13-17H,7-12H2,1H3. The smallest absolute Gasteiger partial charge is 0.126 e. The van der Waals surface area contributed by atoms with E-state index in [-0.39, 0.29) is 5.82 Å². The van der Waals surface area contributed by atoms with Crippen LogP contribution in [-0.4, -0.2) is 52.3 Å². The Hall–Kier alpha value is -3.09. The highest BCUT2D eigenvalue weighted by atomic mass is 19.1. The summed E-state index contributed by atoms with van der Waals surface area (Å²) in [4.78, 5) is 11.4. The van der Waals surface area contributed by atoms with E-state index in [1.807, 2.05) is 36.8 Å². The monoisotopic (exact) mass is 416 g/mol. The average molecular weight is 417 g/mol. The van der Waals surface area contributed by atoms with E-state index in [4.69, 9.17) is 4.74 Å². The lowest BCUT2D eigenvalue weighted by Crippen LogP contribution is -2.38.